The van der Waals surface area contributed by atoms with E-state index >= 15 is 0 Å². The molecule has 2 aromatic carbocycles. The Bertz CT molecular complexity index is 939. The fourth-order valence-corrected chi connectivity index (χ4v) is 3.14. The molecule has 0 aliphatic carbocycles. The van der Waals surface area contributed by atoms with Crippen molar-refractivity contribution in [3.63, 3.8) is 0 Å². The molecule has 0 radical (unpaired) electrons. The van der Waals surface area contributed by atoms with Crippen LogP contribution in [0.25, 0.3) is 0 Å². The molecule has 0 bridgehead atoms. The molecular formula is C22H24BrFN2O6. The summed E-state index contributed by atoms with van der Waals surface area (Å²) in [6.07, 6.45) is 0.898. The molecule has 10 heteroatoms. The standard InChI is InChI=1S/C22H24BrFN2O6/c1-2-31-19(5-3-4-6-20(28)26-30)21(14-7-12-18(27)17(24)13-14)32-22(29)25-16-10-8-15(23)9-11-16/h4,6-13,19,21,27,30H,2-3,5H2,1H3,(H,25,29)(H,26,28)/b6-4+/t19-,21-/m1/s1. The van der Waals surface area contributed by atoms with Gasteiger partial charge in [-0.25, -0.2) is 14.7 Å². The quantitative estimate of drug-likeness (QED) is 0.206. The van der Waals surface area contributed by atoms with E-state index < -0.39 is 35.8 Å². The van der Waals surface area contributed by atoms with E-state index in [4.69, 9.17) is 14.7 Å². The zero-order valence-corrected chi connectivity index (χ0v) is 18.8. The smallest absolute Gasteiger partial charge is 0.412 e. The molecule has 172 valence electrons. The molecule has 2 aromatic rings. The number of halogens is 2. The SMILES string of the molecule is CCO[C@H](CC/C=C/C(=O)NO)[C@H](OC(=O)Nc1ccc(Br)cc1)c1ccc(O)c(F)c1. The van der Waals surface area contributed by atoms with Crippen LogP contribution in [0.5, 0.6) is 5.75 Å². The molecule has 2 atom stereocenters. The molecule has 0 heterocycles. The van der Waals surface area contributed by atoms with Crippen LogP contribution in [0.3, 0.4) is 0 Å². The molecule has 0 aromatic heterocycles. The van der Waals surface area contributed by atoms with Gasteiger partial charge in [-0.1, -0.05) is 28.1 Å². The second kappa shape index (κ2) is 12.8. The van der Waals surface area contributed by atoms with Gasteiger partial charge in [0.25, 0.3) is 5.91 Å². The van der Waals surface area contributed by atoms with Crippen LogP contribution in [0.4, 0.5) is 14.9 Å². The van der Waals surface area contributed by atoms with Gasteiger partial charge in [-0.2, -0.15) is 0 Å². The Labute approximate surface area is 193 Å². The van der Waals surface area contributed by atoms with Crippen LogP contribution < -0.4 is 10.8 Å². The lowest BCUT2D eigenvalue weighted by Gasteiger charge is -2.27. The fourth-order valence-electron chi connectivity index (χ4n) is 2.88. The Morgan fingerprint density at radius 2 is 1.94 bits per heavy atom. The van der Waals surface area contributed by atoms with Gasteiger partial charge in [0.15, 0.2) is 17.7 Å². The van der Waals surface area contributed by atoms with Gasteiger partial charge in [0.1, 0.15) is 0 Å². The average Bonchev–Trinajstić information content (AvgIpc) is 2.77. The first-order valence-electron chi connectivity index (χ1n) is 9.77. The van der Waals surface area contributed by atoms with Gasteiger partial charge in [0.05, 0.1) is 6.10 Å². The molecule has 2 rings (SSSR count). The minimum Gasteiger partial charge on any atom is -0.505 e. The number of rotatable bonds is 10. The average molecular weight is 511 g/mol. The normalized spacial score (nSPS) is 12.9. The Morgan fingerprint density at radius 3 is 2.56 bits per heavy atom. The molecule has 0 fully saturated rings. The summed E-state index contributed by atoms with van der Waals surface area (Å²) in [5.41, 5.74) is 2.28. The predicted octanol–water partition coefficient (Wildman–Crippen LogP) is 4.83. The van der Waals surface area contributed by atoms with Gasteiger partial charge in [-0.3, -0.25) is 15.3 Å². The summed E-state index contributed by atoms with van der Waals surface area (Å²) in [7, 11) is 0. The van der Waals surface area contributed by atoms with E-state index in [2.05, 4.69) is 21.2 Å². The number of phenolic OH excluding ortho intramolecular Hbond substituents is 1. The number of carbonyl (C=O) groups is 2. The van der Waals surface area contributed by atoms with E-state index in [9.17, 15) is 19.1 Å². The van der Waals surface area contributed by atoms with Crippen molar-refractivity contribution in [2.75, 3.05) is 11.9 Å². The molecule has 32 heavy (non-hydrogen) atoms. The number of hydroxylamine groups is 1. The van der Waals surface area contributed by atoms with Crippen molar-refractivity contribution in [1.29, 1.82) is 0 Å². The molecule has 0 saturated carbocycles. The molecule has 0 aliphatic rings. The van der Waals surface area contributed by atoms with Crippen LogP contribution in [0.1, 0.15) is 31.4 Å². The maximum absolute atomic E-state index is 14.0. The number of nitrogens with one attached hydrogen (secondary N) is 2. The number of anilines is 1. The lowest BCUT2D eigenvalue weighted by atomic mass is 9.99. The zero-order valence-electron chi connectivity index (χ0n) is 17.3. The van der Waals surface area contributed by atoms with Crippen molar-refractivity contribution in [3.8, 4) is 5.75 Å². The highest BCUT2D eigenvalue weighted by molar-refractivity contribution is 9.10. The number of hydrogen-bond donors (Lipinski definition) is 4. The van der Waals surface area contributed by atoms with Crippen LogP contribution in [-0.2, 0) is 14.3 Å². The van der Waals surface area contributed by atoms with Crippen LogP contribution in [-0.4, -0.2) is 35.0 Å². The number of benzene rings is 2. The largest absolute Gasteiger partial charge is 0.505 e. The summed E-state index contributed by atoms with van der Waals surface area (Å²) < 4.78 is 26.2. The summed E-state index contributed by atoms with van der Waals surface area (Å²) >= 11 is 3.31. The van der Waals surface area contributed by atoms with Crippen LogP contribution >= 0.6 is 15.9 Å². The van der Waals surface area contributed by atoms with Gasteiger partial charge in [0, 0.05) is 22.8 Å². The maximum atomic E-state index is 14.0. The van der Waals surface area contributed by atoms with E-state index in [0.717, 1.165) is 16.6 Å². The van der Waals surface area contributed by atoms with Crippen LogP contribution in [0, 0.1) is 5.82 Å². The molecule has 0 unspecified atom stereocenters. The summed E-state index contributed by atoms with van der Waals surface area (Å²) in [4.78, 5) is 23.7. The third-order valence-corrected chi connectivity index (χ3v) is 4.87. The Balaban J connectivity index is 2.22. The van der Waals surface area contributed by atoms with Crippen molar-refractivity contribution in [2.24, 2.45) is 0 Å². The van der Waals surface area contributed by atoms with E-state index in [1.165, 1.54) is 23.7 Å². The van der Waals surface area contributed by atoms with Crippen molar-refractivity contribution in [3.05, 3.63) is 70.5 Å². The van der Waals surface area contributed by atoms with E-state index in [1.54, 1.807) is 31.2 Å². The number of carbonyl (C=O) groups excluding carboxylic acids is 2. The third-order valence-electron chi connectivity index (χ3n) is 4.34. The second-order valence-corrected chi connectivity index (χ2v) is 7.53. The summed E-state index contributed by atoms with van der Waals surface area (Å²) in [6, 6.07) is 10.5. The number of allylic oxidation sites excluding steroid dienone is 1. The van der Waals surface area contributed by atoms with Crippen molar-refractivity contribution in [1.82, 2.24) is 5.48 Å². The maximum Gasteiger partial charge on any atom is 0.412 e. The van der Waals surface area contributed by atoms with Gasteiger partial charge in [-0.15, -0.1) is 0 Å². The molecule has 0 spiro atoms. The van der Waals surface area contributed by atoms with E-state index in [1.807, 2.05) is 0 Å². The number of amides is 2. The Hall–Kier alpha value is -2.95. The second-order valence-electron chi connectivity index (χ2n) is 6.62. The molecule has 0 aliphatic heterocycles. The van der Waals surface area contributed by atoms with Crippen LogP contribution in [0.15, 0.2) is 59.1 Å². The molecule has 0 saturated heterocycles. The number of hydrogen-bond acceptors (Lipinski definition) is 6. The topological polar surface area (TPSA) is 117 Å². The highest BCUT2D eigenvalue weighted by atomic mass is 79.9. The molecule has 8 nitrogen and oxygen atoms in total. The van der Waals surface area contributed by atoms with Gasteiger partial charge < -0.3 is 14.6 Å². The predicted molar refractivity (Wildman–Crippen MR) is 119 cm³/mol. The molecular weight excluding hydrogens is 487 g/mol. The van der Waals surface area contributed by atoms with Crippen molar-refractivity contribution < 1.29 is 33.8 Å². The highest BCUT2D eigenvalue weighted by Gasteiger charge is 2.28. The summed E-state index contributed by atoms with van der Waals surface area (Å²) in [6.45, 7) is 2.05. The summed E-state index contributed by atoms with van der Waals surface area (Å²) in [5, 5.41) is 20.7. The lowest BCUT2D eigenvalue weighted by Crippen LogP contribution is -2.29. The monoisotopic (exact) mass is 510 g/mol. The fraction of sp³-hybridized carbons (Fsp3) is 0.273. The van der Waals surface area contributed by atoms with Gasteiger partial charge in [0.2, 0.25) is 0 Å². The highest BCUT2D eigenvalue weighted by Crippen LogP contribution is 2.30. The lowest BCUT2D eigenvalue weighted by molar-refractivity contribution is -0.124. The Morgan fingerprint density at radius 1 is 1.22 bits per heavy atom. The minimum atomic E-state index is -0.999. The number of phenols is 1. The minimum absolute atomic E-state index is 0.292. The first kappa shape index (κ1) is 25.3. The van der Waals surface area contributed by atoms with Gasteiger partial charge in [-0.05, 0) is 61.7 Å². The van der Waals surface area contributed by atoms with Gasteiger partial charge >= 0.3 is 6.09 Å². The number of aromatic hydroxyl groups is 1. The van der Waals surface area contributed by atoms with Crippen molar-refractivity contribution >= 4 is 33.6 Å². The van der Waals surface area contributed by atoms with E-state index in [-0.39, 0.29) is 0 Å². The molecule has 2 amide bonds. The van der Waals surface area contributed by atoms with Crippen LogP contribution in [0.2, 0.25) is 0 Å². The summed E-state index contributed by atoms with van der Waals surface area (Å²) in [5.74, 6) is -2.07. The molecule has 4 N–H and O–H groups in total. The van der Waals surface area contributed by atoms with E-state index in [0.29, 0.717) is 30.7 Å². The van der Waals surface area contributed by atoms with Crippen molar-refractivity contribution in [2.45, 2.75) is 32.0 Å². The first-order valence-corrected chi connectivity index (χ1v) is 10.6. The first-order chi connectivity index (χ1) is 15.3. The Kier molecular flexibility index (Phi) is 10.1. The third kappa shape index (κ3) is 7.95. The zero-order chi connectivity index (χ0) is 23.5. The number of ether oxygens (including phenoxy) is 2.